The minimum absolute atomic E-state index is 0.579. The van der Waals surface area contributed by atoms with E-state index in [-0.39, 0.29) is 0 Å². The van der Waals surface area contributed by atoms with Gasteiger partial charge in [0.25, 0.3) is 0 Å². The highest BCUT2D eigenvalue weighted by molar-refractivity contribution is 5.97. The second-order valence-corrected chi connectivity index (χ2v) is 13.2. The summed E-state index contributed by atoms with van der Waals surface area (Å²) in [6.45, 7) is 0. The Morgan fingerprint density at radius 3 is 1.41 bits per heavy atom. The monoisotopic (exact) mass is 690 g/mol. The maximum Gasteiger partial charge on any atom is 0.164 e. The van der Waals surface area contributed by atoms with Crippen molar-refractivity contribution >= 4 is 32.4 Å². The highest BCUT2D eigenvalue weighted by atomic mass is 15.0. The van der Waals surface area contributed by atoms with E-state index in [1.165, 1.54) is 0 Å². The van der Waals surface area contributed by atoms with Crippen LogP contribution in [0.25, 0.3) is 100 Å². The predicted octanol–water partition coefficient (Wildman–Crippen LogP) is 11.5. The fraction of sp³-hybridized carbons (Fsp3) is 0. The average molecular weight is 691 g/mol. The molecule has 10 aromatic rings. The van der Waals surface area contributed by atoms with Crippen LogP contribution >= 0.6 is 0 Å². The Kier molecular flexibility index (Phi) is 7.69. The van der Waals surface area contributed by atoms with Crippen molar-refractivity contribution in [2.24, 2.45) is 0 Å². The van der Waals surface area contributed by atoms with E-state index in [1.54, 1.807) is 0 Å². The quantitative estimate of drug-likeness (QED) is 0.173. The van der Waals surface area contributed by atoms with Gasteiger partial charge < -0.3 is 0 Å². The molecule has 6 nitrogen and oxygen atoms in total. The molecule has 252 valence electrons. The summed E-state index contributed by atoms with van der Waals surface area (Å²) < 4.78 is 0. The van der Waals surface area contributed by atoms with Crippen molar-refractivity contribution in [3.63, 3.8) is 0 Å². The lowest BCUT2D eigenvalue weighted by atomic mass is 9.99. The van der Waals surface area contributed by atoms with Crippen LogP contribution < -0.4 is 0 Å². The SMILES string of the molecule is c1cc(-c2nc(-c3ccc(-c4cccc5ncccc45)cc3)nc(-c3cccc(-c4nccc5ccccc45)c3)n2)cc(-c2nccc3ccccc23)c1. The van der Waals surface area contributed by atoms with Gasteiger partial charge in [0, 0.05) is 62.6 Å². The van der Waals surface area contributed by atoms with Crippen molar-refractivity contribution in [2.75, 3.05) is 0 Å². The van der Waals surface area contributed by atoms with Gasteiger partial charge in [-0.25, -0.2) is 15.0 Å². The molecule has 10 rings (SSSR count). The number of rotatable bonds is 6. The molecule has 0 saturated carbocycles. The molecular formula is C48H30N6. The number of aromatic nitrogens is 6. The molecule has 0 aliphatic carbocycles. The van der Waals surface area contributed by atoms with Crippen molar-refractivity contribution in [1.82, 2.24) is 29.9 Å². The summed E-state index contributed by atoms with van der Waals surface area (Å²) in [5, 5.41) is 5.58. The van der Waals surface area contributed by atoms with Crippen LogP contribution in [0.5, 0.6) is 0 Å². The molecule has 0 spiro atoms. The Hall–Kier alpha value is -7.44. The molecule has 0 atom stereocenters. The zero-order valence-corrected chi connectivity index (χ0v) is 29.0. The topological polar surface area (TPSA) is 77.3 Å². The van der Waals surface area contributed by atoms with Crippen LogP contribution in [-0.4, -0.2) is 29.9 Å². The van der Waals surface area contributed by atoms with Crippen LogP contribution in [0.15, 0.2) is 182 Å². The second kappa shape index (κ2) is 13.3. The summed E-state index contributed by atoms with van der Waals surface area (Å²) in [5.41, 5.74) is 9.64. The van der Waals surface area contributed by atoms with Gasteiger partial charge in [-0.15, -0.1) is 0 Å². The van der Waals surface area contributed by atoms with Gasteiger partial charge in [0.1, 0.15) is 0 Å². The number of benzene rings is 6. The van der Waals surface area contributed by atoms with Crippen molar-refractivity contribution < 1.29 is 0 Å². The van der Waals surface area contributed by atoms with Gasteiger partial charge in [-0.05, 0) is 58.3 Å². The van der Waals surface area contributed by atoms with E-state index in [2.05, 4.69) is 89.9 Å². The third-order valence-electron chi connectivity index (χ3n) is 9.87. The summed E-state index contributed by atoms with van der Waals surface area (Å²) in [7, 11) is 0. The fourth-order valence-corrected chi connectivity index (χ4v) is 7.23. The van der Waals surface area contributed by atoms with Gasteiger partial charge in [-0.2, -0.15) is 0 Å². The average Bonchev–Trinajstić information content (AvgIpc) is 3.26. The molecule has 0 bridgehead atoms. The summed E-state index contributed by atoms with van der Waals surface area (Å²) in [5.74, 6) is 1.74. The molecule has 0 aliphatic heterocycles. The Morgan fingerprint density at radius 1 is 0.296 bits per heavy atom. The normalized spacial score (nSPS) is 11.3. The van der Waals surface area contributed by atoms with Gasteiger partial charge in [-0.3, -0.25) is 15.0 Å². The molecule has 6 aromatic carbocycles. The summed E-state index contributed by atoms with van der Waals surface area (Å²) in [4.78, 5) is 29.5. The van der Waals surface area contributed by atoms with Gasteiger partial charge in [-0.1, -0.05) is 127 Å². The van der Waals surface area contributed by atoms with Gasteiger partial charge in [0.05, 0.1) is 16.9 Å². The van der Waals surface area contributed by atoms with E-state index in [1.807, 2.05) is 97.5 Å². The highest BCUT2D eigenvalue weighted by Crippen LogP contribution is 2.34. The second-order valence-electron chi connectivity index (χ2n) is 13.2. The van der Waals surface area contributed by atoms with Crippen LogP contribution in [0.3, 0.4) is 0 Å². The lowest BCUT2D eigenvalue weighted by Gasteiger charge is -2.12. The molecule has 0 amide bonds. The lowest BCUT2D eigenvalue weighted by molar-refractivity contribution is 1.07. The molecule has 0 radical (unpaired) electrons. The van der Waals surface area contributed by atoms with Crippen LogP contribution in [0.2, 0.25) is 0 Å². The van der Waals surface area contributed by atoms with Crippen LogP contribution in [-0.2, 0) is 0 Å². The first-order valence-electron chi connectivity index (χ1n) is 17.8. The molecule has 0 fully saturated rings. The Balaban J connectivity index is 1.11. The number of hydrogen-bond donors (Lipinski definition) is 0. The van der Waals surface area contributed by atoms with Crippen molar-refractivity contribution in [3.8, 4) is 67.8 Å². The van der Waals surface area contributed by atoms with Crippen molar-refractivity contribution in [2.45, 2.75) is 0 Å². The fourth-order valence-electron chi connectivity index (χ4n) is 7.23. The largest absolute Gasteiger partial charge is 0.256 e. The molecule has 54 heavy (non-hydrogen) atoms. The minimum Gasteiger partial charge on any atom is -0.256 e. The first kappa shape index (κ1) is 31.3. The molecule has 6 heteroatoms. The predicted molar refractivity (Wildman–Crippen MR) is 218 cm³/mol. The third kappa shape index (κ3) is 5.72. The molecule has 4 aromatic heterocycles. The van der Waals surface area contributed by atoms with Crippen molar-refractivity contribution in [1.29, 1.82) is 0 Å². The van der Waals surface area contributed by atoms with Gasteiger partial charge >= 0.3 is 0 Å². The van der Waals surface area contributed by atoms with Crippen LogP contribution in [0.1, 0.15) is 0 Å². The Morgan fingerprint density at radius 2 is 0.796 bits per heavy atom. The van der Waals surface area contributed by atoms with Crippen molar-refractivity contribution in [3.05, 3.63) is 182 Å². The number of nitrogens with zero attached hydrogens (tertiary/aromatic N) is 6. The minimum atomic E-state index is 0.579. The summed E-state index contributed by atoms with van der Waals surface area (Å²) in [6, 6.07) is 56.0. The standard InChI is InChI=1S/C48H30N6/c1-3-15-40-31(9-1)24-27-50-44(40)35-11-5-13-37(29-35)47-52-46(34-22-20-33(21-23-34)39-17-7-19-43-42(39)18-8-26-49-43)53-48(54-47)38-14-6-12-36(30-38)45-41-16-4-2-10-32(41)25-28-51-45/h1-30H. The molecule has 0 aliphatic rings. The first-order chi connectivity index (χ1) is 26.7. The molecule has 0 saturated heterocycles. The van der Waals surface area contributed by atoms with Crippen LogP contribution in [0.4, 0.5) is 0 Å². The van der Waals surface area contributed by atoms with E-state index in [0.29, 0.717) is 17.5 Å². The number of hydrogen-bond acceptors (Lipinski definition) is 6. The zero-order valence-electron chi connectivity index (χ0n) is 29.0. The third-order valence-corrected chi connectivity index (χ3v) is 9.87. The van der Waals surface area contributed by atoms with E-state index in [9.17, 15) is 0 Å². The highest BCUT2D eigenvalue weighted by Gasteiger charge is 2.16. The molecule has 4 heterocycles. The summed E-state index contributed by atoms with van der Waals surface area (Å²) in [6.07, 6.45) is 5.55. The van der Waals surface area contributed by atoms with Crippen LogP contribution in [0, 0.1) is 0 Å². The summed E-state index contributed by atoms with van der Waals surface area (Å²) >= 11 is 0. The van der Waals surface area contributed by atoms with E-state index < -0.39 is 0 Å². The van der Waals surface area contributed by atoms with E-state index in [4.69, 9.17) is 24.9 Å². The maximum atomic E-state index is 5.12. The molecule has 0 N–H and O–H groups in total. The van der Waals surface area contributed by atoms with Gasteiger partial charge in [0.15, 0.2) is 17.5 Å². The Labute approximate surface area is 311 Å². The van der Waals surface area contributed by atoms with E-state index in [0.717, 1.165) is 82.8 Å². The first-order valence-corrected chi connectivity index (χ1v) is 17.8. The zero-order chi connectivity index (χ0) is 35.8. The maximum absolute atomic E-state index is 5.12. The lowest BCUT2D eigenvalue weighted by Crippen LogP contribution is -2.00. The number of fused-ring (bicyclic) bond motifs is 3. The molecule has 0 unspecified atom stereocenters. The molecular weight excluding hydrogens is 661 g/mol. The Bertz CT molecular complexity index is 2850. The van der Waals surface area contributed by atoms with Gasteiger partial charge in [0.2, 0.25) is 0 Å². The smallest absolute Gasteiger partial charge is 0.164 e. The van der Waals surface area contributed by atoms with E-state index >= 15 is 0 Å². The number of pyridine rings is 3.